The van der Waals surface area contributed by atoms with E-state index in [-0.39, 0.29) is 28.8 Å². The van der Waals surface area contributed by atoms with Crippen LogP contribution in [0.5, 0.6) is 11.5 Å². The summed E-state index contributed by atoms with van der Waals surface area (Å²) in [6, 6.07) is 7.60. The molecule has 0 aliphatic heterocycles. The zero-order valence-corrected chi connectivity index (χ0v) is 28.4. The molecule has 0 saturated carbocycles. The van der Waals surface area contributed by atoms with Crippen molar-refractivity contribution in [1.29, 1.82) is 0 Å². The average Bonchev–Trinajstić information content (AvgIpc) is 3.07. The van der Waals surface area contributed by atoms with E-state index in [1.807, 2.05) is 6.92 Å². The van der Waals surface area contributed by atoms with Crippen LogP contribution in [0.2, 0.25) is 0 Å². The van der Waals surface area contributed by atoms with Crippen LogP contribution in [0.1, 0.15) is 85.4 Å². The minimum absolute atomic E-state index is 0.0870. The van der Waals surface area contributed by atoms with Gasteiger partial charge in [-0.2, -0.15) is 0 Å². The van der Waals surface area contributed by atoms with Crippen molar-refractivity contribution in [1.82, 2.24) is 10.6 Å². The number of hydrogen-bond acceptors (Lipinski definition) is 10. The molecule has 14 heteroatoms. The maximum atomic E-state index is 13.6. The number of nitrogens with two attached hydrogens (primary N) is 4. The monoisotopic (exact) mass is 670 g/mol. The van der Waals surface area contributed by atoms with E-state index in [9.17, 15) is 19.2 Å². The second-order valence-electron chi connectivity index (χ2n) is 11.7. The number of carbonyl (C=O) groups excluding carboxylic acids is 4. The Morgan fingerprint density at radius 2 is 1.10 bits per heavy atom. The van der Waals surface area contributed by atoms with Crippen LogP contribution < -0.4 is 53.7 Å². The van der Waals surface area contributed by atoms with Crippen molar-refractivity contribution < 1.29 is 28.7 Å². The molecule has 0 aliphatic carbocycles. The Balaban J connectivity index is 2.24. The molecule has 0 radical (unpaired) electrons. The van der Waals surface area contributed by atoms with E-state index >= 15 is 0 Å². The number of ether oxygens (including phenoxy) is 2. The number of benzene rings is 2. The molecule has 0 saturated heterocycles. The predicted molar refractivity (Wildman–Crippen MR) is 188 cm³/mol. The maximum Gasteiger partial charge on any atom is 0.255 e. The summed E-state index contributed by atoms with van der Waals surface area (Å²) in [7, 11) is 2.88. The van der Waals surface area contributed by atoms with Crippen LogP contribution in [0, 0.1) is 0 Å². The number of anilines is 2. The van der Waals surface area contributed by atoms with Crippen LogP contribution >= 0.6 is 0 Å². The summed E-state index contributed by atoms with van der Waals surface area (Å²) in [6.07, 6.45) is 6.00. The van der Waals surface area contributed by atoms with Gasteiger partial charge < -0.3 is 53.7 Å². The van der Waals surface area contributed by atoms with Gasteiger partial charge in [-0.3, -0.25) is 19.2 Å². The molecule has 0 unspecified atom stereocenters. The Labute approximate surface area is 283 Å². The quantitative estimate of drug-likeness (QED) is 0.0850. The number of hydrogen-bond donors (Lipinski definition) is 8. The third kappa shape index (κ3) is 13.1. The van der Waals surface area contributed by atoms with Gasteiger partial charge in [-0.1, -0.05) is 12.8 Å². The van der Waals surface area contributed by atoms with Crippen LogP contribution in [0.4, 0.5) is 11.4 Å². The normalized spacial score (nSPS) is 12.7. The number of rotatable bonds is 22. The highest BCUT2D eigenvalue weighted by molar-refractivity contribution is 6.04. The number of amides is 4. The molecule has 0 heterocycles. The number of methoxy groups -OCH3 is 2. The van der Waals surface area contributed by atoms with Gasteiger partial charge in [-0.05, 0) is 108 Å². The summed E-state index contributed by atoms with van der Waals surface area (Å²) in [5.41, 5.74) is 23.9. The number of unbranched alkanes of at least 4 members (excludes halogenated alkanes) is 3. The van der Waals surface area contributed by atoms with Gasteiger partial charge in [0.25, 0.3) is 11.8 Å². The summed E-state index contributed by atoms with van der Waals surface area (Å²) < 4.78 is 10.8. The van der Waals surface area contributed by atoms with E-state index in [1.165, 1.54) is 26.4 Å². The van der Waals surface area contributed by atoms with E-state index in [1.54, 1.807) is 24.3 Å². The molecule has 0 spiro atoms. The molecule has 0 aliphatic rings. The van der Waals surface area contributed by atoms with Crippen molar-refractivity contribution in [3.05, 3.63) is 47.5 Å². The summed E-state index contributed by atoms with van der Waals surface area (Å²) >= 11 is 0. The Morgan fingerprint density at radius 1 is 0.646 bits per heavy atom. The molecule has 2 aromatic carbocycles. The molecule has 0 bridgehead atoms. The highest BCUT2D eigenvalue weighted by Crippen LogP contribution is 2.25. The van der Waals surface area contributed by atoms with E-state index in [4.69, 9.17) is 32.4 Å². The van der Waals surface area contributed by atoms with Gasteiger partial charge in [0.15, 0.2) is 0 Å². The Kier molecular flexibility index (Phi) is 18.0. The SMILES string of the molecule is COc1ccc(NC(=O)[C@H](CCCCN)NC(=O)c2cc(NC(=O)[C@@H](N)CCCCN)ccc2OC)cc1C(=O)N[C@H](C)CCCCN. The first-order chi connectivity index (χ1) is 23.1. The predicted octanol–water partition coefficient (Wildman–Crippen LogP) is 2.21. The molecular formula is C34H54N8O6. The van der Waals surface area contributed by atoms with E-state index in [0.717, 1.165) is 32.1 Å². The summed E-state index contributed by atoms with van der Waals surface area (Å²) in [5, 5.41) is 11.3. The maximum absolute atomic E-state index is 13.6. The van der Waals surface area contributed by atoms with Crippen molar-refractivity contribution in [2.45, 2.75) is 82.8 Å². The third-order valence-corrected chi connectivity index (χ3v) is 7.77. The minimum Gasteiger partial charge on any atom is -0.496 e. The average molecular weight is 671 g/mol. The van der Waals surface area contributed by atoms with Gasteiger partial charge in [0.2, 0.25) is 11.8 Å². The molecule has 12 N–H and O–H groups in total. The Morgan fingerprint density at radius 3 is 1.60 bits per heavy atom. The lowest BCUT2D eigenvalue weighted by molar-refractivity contribution is -0.118. The standard InChI is InChI=1S/C34H54N8O6/c1-22(10-4-7-17-35)39-31(43)25-21-24(14-16-29(25)47-2)41-34(46)28(12-6-9-19-37)42-32(44)26-20-23(13-15-30(26)48-3)40-33(45)27(38)11-5-8-18-36/h13-16,20-22,27-28H,4-12,17-19,35-38H2,1-3H3,(H,39,43)(H,40,45)(H,41,46)(H,42,44)/t22-,27+,28+/m1/s1. The van der Waals surface area contributed by atoms with Crippen molar-refractivity contribution in [2.75, 3.05) is 44.5 Å². The topological polar surface area (TPSA) is 239 Å². The van der Waals surface area contributed by atoms with Crippen molar-refractivity contribution in [3.8, 4) is 11.5 Å². The highest BCUT2D eigenvalue weighted by Gasteiger charge is 2.25. The molecule has 2 rings (SSSR count). The molecule has 4 amide bonds. The smallest absolute Gasteiger partial charge is 0.255 e. The zero-order chi connectivity index (χ0) is 35.5. The fourth-order valence-corrected chi connectivity index (χ4v) is 5.00. The first kappa shape index (κ1) is 39.9. The molecule has 0 aromatic heterocycles. The lowest BCUT2D eigenvalue weighted by Crippen LogP contribution is -2.44. The molecule has 3 atom stereocenters. The number of carbonyl (C=O) groups is 4. The van der Waals surface area contributed by atoms with Crippen molar-refractivity contribution in [2.24, 2.45) is 22.9 Å². The van der Waals surface area contributed by atoms with Gasteiger partial charge in [0.1, 0.15) is 17.5 Å². The van der Waals surface area contributed by atoms with Crippen molar-refractivity contribution in [3.63, 3.8) is 0 Å². The van der Waals surface area contributed by atoms with Crippen LogP contribution in [0.25, 0.3) is 0 Å². The molecular weight excluding hydrogens is 616 g/mol. The summed E-state index contributed by atoms with van der Waals surface area (Å²) in [5.74, 6) is -1.20. The van der Waals surface area contributed by atoms with Crippen molar-refractivity contribution >= 4 is 35.0 Å². The van der Waals surface area contributed by atoms with E-state index < -0.39 is 29.8 Å². The molecule has 0 fully saturated rings. The largest absolute Gasteiger partial charge is 0.496 e. The Hall–Kier alpha value is -4.24. The molecule has 14 nitrogen and oxygen atoms in total. The molecule has 2 aromatic rings. The highest BCUT2D eigenvalue weighted by atomic mass is 16.5. The van der Waals surface area contributed by atoms with Crippen LogP contribution in [0.15, 0.2) is 36.4 Å². The Bertz CT molecular complexity index is 1340. The molecule has 48 heavy (non-hydrogen) atoms. The van der Waals surface area contributed by atoms with E-state index in [0.29, 0.717) is 62.4 Å². The van der Waals surface area contributed by atoms with Crippen LogP contribution in [0.3, 0.4) is 0 Å². The first-order valence-electron chi connectivity index (χ1n) is 16.5. The van der Waals surface area contributed by atoms with Gasteiger partial charge in [-0.25, -0.2) is 0 Å². The van der Waals surface area contributed by atoms with Gasteiger partial charge in [0.05, 0.1) is 31.4 Å². The van der Waals surface area contributed by atoms with Gasteiger partial charge in [-0.15, -0.1) is 0 Å². The zero-order valence-electron chi connectivity index (χ0n) is 28.4. The summed E-state index contributed by atoms with van der Waals surface area (Å²) in [6.45, 7) is 3.45. The lowest BCUT2D eigenvalue weighted by atomic mass is 10.1. The van der Waals surface area contributed by atoms with Gasteiger partial charge >= 0.3 is 0 Å². The fourth-order valence-electron chi connectivity index (χ4n) is 5.00. The van der Waals surface area contributed by atoms with Crippen LogP contribution in [-0.4, -0.2) is 75.6 Å². The second kappa shape index (κ2) is 21.6. The van der Waals surface area contributed by atoms with Crippen LogP contribution in [-0.2, 0) is 9.59 Å². The van der Waals surface area contributed by atoms with E-state index in [2.05, 4.69) is 21.3 Å². The summed E-state index contributed by atoms with van der Waals surface area (Å²) in [4.78, 5) is 52.9. The number of nitrogens with one attached hydrogen (secondary N) is 4. The third-order valence-electron chi connectivity index (χ3n) is 7.77. The lowest BCUT2D eigenvalue weighted by Gasteiger charge is -2.20. The minimum atomic E-state index is -0.954. The second-order valence-corrected chi connectivity index (χ2v) is 11.7. The fraction of sp³-hybridized carbons (Fsp3) is 0.529. The molecule has 266 valence electrons. The first-order valence-corrected chi connectivity index (χ1v) is 16.5. The van der Waals surface area contributed by atoms with Gasteiger partial charge in [0, 0.05) is 17.4 Å².